The molecule has 1 aromatic rings. The topological polar surface area (TPSA) is 49.4 Å². The molecule has 0 saturated carbocycles. The lowest BCUT2D eigenvalue weighted by Gasteiger charge is -2.24. The Balaban J connectivity index is 2.20. The van der Waals surface area contributed by atoms with Gasteiger partial charge in [0.15, 0.2) is 0 Å². The number of carbonyl (C=O) groups is 2. The van der Waals surface area contributed by atoms with Crippen molar-refractivity contribution in [3.63, 3.8) is 0 Å². The number of carbonyl (C=O) groups excluding carboxylic acids is 2. The Bertz CT molecular complexity index is 462. The number of amides is 2. The molecule has 1 atom stereocenters. The van der Waals surface area contributed by atoms with Crippen molar-refractivity contribution in [1.29, 1.82) is 0 Å². The van der Waals surface area contributed by atoms with Gasteiger partial charge in [0.25, 0.3) is 5.91 Å². The van der Waals surface area contributed by atoms with E-state index in [-0.39, 0.29) is 23.8 Å². The minimum atomic E-state index is -0.419. The van der Waals surface area contributed by atoms with Crippen LogP contribution in [0.25, 0.3) is 0 Å². The van der Waals surface area contributed by atoms with E-state index in [0.29, 0.717) is 5.69 Å². The van der Waals surface area contributed by atoms with E-state index in [2.05, 4.69) is 5.32 Å². The molecule has 0 spiro atoms. The summed E-state index contributed by atoms with van der Waals surface area (Å²) in [5.41, 5.74) is 0.457. The highest BCUT2D eigenvalue weighted by Gasteiger charge is 2.40. The normalized spacial score (nSPS) is 20.6. The van der Waals surface area contributed by atoms with Crippen LogP contribution in [-0.4, -0.2) is 23.4 Å². The van der Waals surface area contributed by atoms with Crippen molar-refractivity contribution in [1.82, 2.24) is 5.32 Å². The highest BCUT2D eigenvalue weighted by molar-refractivity contribution is 6.22. The maximum atomic E-state index is 12.2. The number of imide groups is 1. The highest BCUT2D eigenvalue weighted by Crippen LogP contribution is 2.23. The third-order valence-electron chi connectivity index (χ3n) is 2.77. The summed E-state index contributed by atoms with van der Waals surface area (Å²) in [6.07, 6.45) is 0.227. The van der Waals surface area contributed by atoms with Crippen LogP contribution in [-0.2, 0) is 9.59 Å². The molecule has 4 nitrogen and oxygen atoms in total. The van der Waals surface area contributed by atoms with Gasteiger partial charge in [0, 0.05) is 5.54 Å². The fourth-order valence-electron chi connectivity index (χ4n) is 2.12. The quantitative estimate of drug-likeness (QED) is 0.808. The minimum absolute atomic E-state index is 0.145. The third kappa shape index (κ3) is 2.59. The molecule has 0 bridgehead atoms. The summed E-state index contributed by atoms with van der Waals surface area (Å²) < 4.78 is 0. The predicted octanol–water partition coefficient (Wildman–Crippen LogP) is 1.71. The van der Waals surface area contributed by atoms with Gasteiger partial charge in [-0.1, -0.05) is 18.2 Å². The zero-order valence-electron chi connectivity index (χ0n) is 10.9. The number of rotatable bonds is 2. The molecule has 0 aromatic heterocycles. The van der Waals surface area contributed by atoms with Crippen molar-refractivity contribution in [2.24, 2.45) is 0 Å². The fourth-order valence-corrected chi connectivity index (χ4v) is 2.12. The average Bonchev–Trinajstić information content (AvgIpc) is 2.53. The molecular weight excluding hydrogens is 228 g/mol. The molecule has 4 heteroatoms. The Kier molecular flexibility index (Phi) is 3.22. The van der Waals surface area contributed by atoms with Crippen LogP contribution in [0.2, 0.25) is 0 Å². The monoisotopic (exact) mass is 246 g/mol. The highest BCUT2D eigenvalue weighted by atomic mass is 16.2. The number of anilines is 1. The molecule has 0 radical (unpaired) electrons. The summed E-state index contributed by atoms with van der Waals surface area (Å²) in [6, 6.07) is 8.63. The maximum absolute atomic E-state index is 12.2. The van der Waals surface area contributed by atoms with E-state index < -0.39 is 6.04 Å². The zero-order chi connectivity index (χ0) is 13.3. The number of benzene rings is 1. The van der Waals surface area contributed by atoms with Gasteiger partial charge in [-0.25, -0.2) is 4.90 Å². The molecular formula is C14H18N2O2. The zero-order valence-corrected chi connectivity index (χ0v) is 10.9. The van der Waals surface area contributed by atoms with Gasteiger partial charge in [-0.2, -0.15) is 0 Å². The van der Waals surface area contributed by atoms with Gasteiger partial charge >= 0.3 is 0 Å². The number of hydrogen-bond acceptors (Lipinski definition) is 3. The lowest BCUT2D eigenvalue weighted by Crippen LogP contribution is -2.47. The lowest BCUT2D eigenvalue weighted by atomic mass is 10.1. The first kappa shape index (κ1) is 12.8. The van der Waals surface area contributed by atoms with Crippen LogP contribution < -0.4 is 10.2 Å². The fraction of sp³-hybridized carbons (Fsp3) is 0.429. The second-order valence-electron chi connectivity index (χ2n) is 5.55. The van der Waals surface area contributed by atoms with Crippen molar-refractivity contribution < 1.29 is 9.59 Å². The summed E-state index contributed by atoms with van der Waals surface area (Å²) in [5, 5.41) is 3.19. The Labute approximate surface area is 107 Å². The summed E-state index contributed by atoms with van der Waals surface area (Å²) in [5.74, 6) is -0.311. The van der Waals surface area contributed by atoms with Crippen molar-refractivity contribution in [3.8, 4) is 0 Å². The SMILES string of the molecule is CC(C)(C)N[C@H]1CC(=O)N(c2ccccc2)C1=O. The summed E-state index contributed by atoms with van der Waals surface area (Å²) >= 11 is 0. The van der Waals surface area contributed by atoms with Crippen molar-refractivity contribution in [2.75, 3.05) is 4.90 Å². The van der Waals surface area contributed by atoms with Gasteiger partial charge in [-0.15, -0.1) is 0 Å². The van der Waals surface area contributed by atoms with Gasteiger partial charge in [0.05, 0.1) is 18.2 Å². The number of hydrogen-bond donors (Lipinski definition) is 1. The van der Waals surface area contributed by atoms with Crippen LogP contribution in [0.1, 0.15) is 27.2 Å². The number of para-hydroxylation sites is 1. The first-order valence-corrected chi connectivity index (χ1v) is 6.08. The smallest absolute Gasteiger partial charge is 0.251 e. The molecule has 0 unspecified atom stereocenters. The molecule has 2 rings (SSSR count). The van der Waals surface area contributed by atoms with Gasteiger partial charge in [0.2, 0.25) is 5.91 Å². The van der Waals surface area contributed by atoms with Gasteiger partial charge < -0.3 is 5.32 Å². The molecule has 1 aromatic carbocycles. The Morgan fingerprint density at radius 2 is 1.78 bits per heavy atom. The molecule has 1 fully saturated rings. The molecule has 1 aliphatic heterocycles. The van der Waals surface area contributed by atoms with E-state index in [9.17, 15) is 9.59 Å². The second kappa shape index (κ2) is 4.53. The lowest BCUT2D eigenvalue weighted by molar-refractivity contribution is -0.121. The minimum Gasteiger partial charge on any atom is -0.301 e. The van der Waals surface area contributed by atoms with E-state index >= 15 is 0 Å². The van der Waals surface area contributed by atoms with Gasteiger partial charge in [-0.3, -0.25) is 9.59 Å². The van der Waals surface area contributed by atoms with Crippen LogP contribution in [0.5, 0.6) is 0 Å². The van der Waals surface area contributed by atoms with E-state index in [0.717, 1.165) is 0 Å². The van der Waals surface area contributed by atoms with Crippen LogP contribution >= 0.6 is 0 Å². The van der Waals surface area contributed by atoms with Gasteiger partial charge in [0.1, 0.15) is 0 Å². The molecule has 1 heterocycles. The van der Waals surface area contributed by atoms with E-state index in [1.165, 1.54) is 4.90 Å². The van der Waals surface area contributed by atoms with Crippen LogP contribution in [0.15, 0.2) is 30.3 Å². The Morgan fingerprint density at radius 1 is 1.17 bits per heavy atom. The van der Waals surface area contributed by atoms with E-state index in [1.54, 1.807) is 12.1 Å². The first-order valence-electron chi connectivity index (χ1n) is 6.08. The number of nitrogens with zero attached hydrogens (tertiary/aromatic N) is 1. The summed E-state index contributed by atoms with van der Waals surface area (Å²) in [4.78, 5) is 25.5. The molecule has 1 aliphatic rings. The molecule has 1 saturated heterocycles. The molecule has 2 amide bonds. The second-order valence-corrected chi connectivity index (χ2v) is 5.55. The number of nitrogens with one attached hydrogen (secondary N) is 1. The van der Waals surface area contributed by atoms with Crippen molar-refractivity contribution >= 4 is 17.5 Å². The molecule has 96 valence electrons. The van der Waals surface area contributed by atoms with E-state index in [4.69, 9.17) is 0 Å². The van der Waals surface area contributed by atoms with Crippen molar-refractivity contribution in [2.45, 2.75) is 38.8 Å². The predicted molar refractivity (Wildman–Crippen MR) is 70.2 cm³/mol. The summed E-state index contributed by atoms with van der Waals surface area (Å²) in [7, 11) is 0. The van der Waals surface area contributed by atoms with Crippen LogP contribution in [0.4, 0.5) is 5.69 Å². The maximum Gasteiger partial charge on any atom is 0.251 e. The molecule has 1 N–H and O–H groups in total. The largest absolute Gasteiger partial charge is 0.301 e. The molecule has 0 aliphatic carbocycles. The Hall–Kier alpha value is -1.68. The standard InChI is InChI=1S/C14H18N2O2/c1-14(2,3)15-11-9-12(17)16(13(11)18)10-7-5-4-6-8-10/h4-8,11,15H,9H2,1-3H3/t11-/m0/s1. The average molecular weight is 246 g/mol. The summed E-state index contributed by atoms with van der Waals surface area (Å²) in [6.45, 7) is 5.95. The van der Waals surface area contributed by atoms with Crippen LogP contribution in [0.3, 0.4) is 0 Å². The Morgan fingerprint density at radius 3 is 2.33 bits per heavy atom. The third-order valence-corrected chi connectivity index (χ3v) is 2.77. The van der Waals surface area contributed by atoms with Crippen LogP contribution in [0, 0.1) is 0 Å². The van der Waals surface area contributed by atoms with E-state index in [1.807, 2.05) is 39.0 Å². The van der Waals surface area contributed by atoms with Gasteiger partial charge in [-0.05, 0) is 32.9 Å². The first-order chi connectivity index (χ1) is 8.38. The van der Waals surface area contributed by atoms with Crippen molar-refractivity contribution in [3.05, 3.63) is 30.3 Å². The molecule has 18 heavy (non-hydrogen) atoms.